The molecule has 20 heavy (non-hydrogen) atoms. The van der Waals surface area contributed by atoms with E-state index < -0.39 is 0 Å². The molecule has 4 nitrogen and oxygen atoms in total. The minimum atomic E-state index is 0.00217. The van der Waals surface area contributed by atoms with Crippen LogP contribution in [0.25, 0.3) is 0 Å². The fourth-order valence-electron chi connectivity index (χ4n) is 4.12. The van der Waals surface area contributed by atoms with E-state index in [2.05, 4.69) is 11.8 Å². The molecular weight excluding hydrogens is 252 g/mol. The largest absolute Gasteiger partial charge is 0.381 e. The second-order valence-corrected chi connectivity index (χ2v) is 6.77. The Kier molecular flexibility index (Phi) is 4.32. The number of nitrogens with zero attached hydrogens (tertiary/aromatic N) is 2. The van der Waals surface area contributed by atoms with Gasteiger partial charge < -0.3 is 14.5 Å². The van der Waals surface area contributed by atoms with Gasteiger partial charge in [0, 0.05) is 32.8 Å². The van der Waals surface area contributed by atoms with Crippen molar-refractivity contribution >= 4 is 5.91 Å². The zero-order valence-corrected chi connectivity index (χ0v) is 12.8. The van der Waals surface area contributed by atoms with Crippen LogP contribution >= 0.6 is 0 Å². The molecule has 3 saturated heterocycles. The number of ether oxygens (including phenoxy) is 1. The number of piperidine rings is 1. The van der Waals surface area contributed by atoms with Gasteiger partial charge in [0.1, 0.15) is 0 Å². The summed E-state index contributed by atoms with van der Waals surface area (Å²) < 4.78 is 5.43. The van der Waals surface area contributed by atoms with Crippen molar-refractivity contribution in [2.45, 2.75) is 39.0 Å². The predicted molar refractivity (Wildman–Crippen MR) is 78.5 cm³/mol. The van der Waals surface area contributed by atoms with Gasteiger partial charge in [-0.1, -0.05) is 0 Å². The third-order valence-electron chi connectivity index (χ3n) is 5.65. The molecule has 3 fully saturated rings. The van der Waals surface area contributed by atoms with Crippen LogP contribution < -0.4 is 0 Å². The molecule has 3 rings (SSSR count). The van der Waals surface area contributed by atoms with Gasteiger partial charge in [0.25, 0.3) is 0 Å². The van der Waals surface area contributed by atoms with Crippen LogP contribution in [0.1, 0.15) is 39.0 Å². The van der Waals surface area contributed by atoms with Gasteiger partial charge in [-0.3, -0.25) is 4.79 Å². The van der Waals surface area contributed by atoms with Gasteiger partial charge in [-0.25, -0.2) is 0 Å². The lowest BCUT2D eigenvalue weighted by molar-refractivity contribution is -0.138. The molecule has 4 heteroatoms. The Bertz CT molecular complexity index is 344. The number of rotatable bonds is 3. The van der Waals surface area contributed by atoms with Crippen LogP contribution in [0.15, 0.2) is 0 Å². The van der Waals surface area contributed by atoms with Gasteiger partial charge in [0.15, 0.2) is 0 Å². The summed E-state index contributed by atoms with van der Waals surface area (Å²) in [5, 5.41) is 0. The molecule has 114 valence electrons. The third kappa shape index (κ3) is 2.73. The van der Waals surface area contributed by atoms with Crippen molar-refractivity contribution in [2.75, 3.05) is 45.9 Å². The smallest absolute Gasteiger partial charge is 0.228 e. The molecule has 0 aromatic carbocycles. The number of carbonyl (C=O) groups is 1. The van der Waals surface area contributed by atoms with E-state index in [9.17, 15) is 4.79 Å². The topological polar surface area (TPSA) is 32.8 Å². The van der Waals surface area contributed by atoms with Gasteiger partial charge in [-0.15, -0.1) is 0 Å². The summed E-state index contributed by atoms with van der Waals surface area (Å²) in [5.74, 6) is 1.25. The zero-order valence-electron chi connectivity index (χ0n) is 12.8. The molecule has 0 radical (unpaired) electrons. The second-order valence-electron chi connectivity index (χ2n) is 6.77. The summed E-state index contributed by atoms with van der Waals surface area (Å²) in [6, 6.07) is 0. The van der Waals surface area contributed by atoms with Crippen molar-refractivity contribution in [3.8, 4) is 0 Å². The molecule has 3 aliphatic rings. The van der Waals surface area contributed by atoms with E-state index in [1.807, 2.05) is 4.90 Å². The van der Waals surface area contributed by atoms with Crippen LogP contribution in [0, 0.1) is 11.3 Å². The van der Waals surface area contributed by atoms with Crippen molar-refractivity contribution in [1.82, 2.24) is 9.80 Å². The maximum Gasteiger partial charge on any atom is 0.228 e. The number of carbonyl (C=O) groups excluding carboxylic acids is 1. The summed E-state index contributed by atoms with van der Waals surface area (Å²) in [7, 11) is 0. The lowest BCUT2D eigenvalue weighted by atomic mass is 9.77. The molecule has 0 aromatic heterocycles. The summed E-state index contributed by atoms with van der Waals surface area (Å²) in [6.07, 6.45) is 5.66. The SMILES string of the molecule is CCN1CCC2(CCN(CC3CCOCC3)CC2)C1=O. The number of likely N-dealkylation sites (tertiary alicyclic amines) is 2. The van der Waals surface area contributed by atoms with E-state index in [-0.39, 0.29) is 5.41 Å². The minimum absolute atomic E-state index is 0.00217. The van der Waals surface area contributed by atoms with Gasteiger partial charge >= 0.3 is 0 Å². The standard InChI is InChI=1S/C16H28N2O2/c1-2-18-10-7-16(15(18)19)5-8-17(9-6-16)13-14-3-11-20-12-4-14/h14H,2-13H2,1H3. The molecule has 0 atom stereocenters. The Labute approximate surface area is 122 Å². The Hall–Kier alpha value is -0.610. The zero-order chi connectivity index (χ0) is 14.0. The van der Waals surface area contributed by atoms with E-state index in [1.54, 1.807) is 0 Å². The molecule has 3 aliphatic heterocycles. The average molecular weight is 280 g/mol. The van der Waals surface area contributed by atoms with Gasteiger partial charge in [-0.05, 0) is 58.0 Å². The van der Waals surface area contributed by atoms with Crippen molar-refractivity contribution in [2.24, 2.45) is 11.3 Å². The maximum atomic E-state index is 12.5. The fraction of sp³-hybridized carbons (Fsp3) is 0.938. The molecule has 0 aromatic rings. The lowest BCUT2D eigenvalue weighted by Gasteiger charge is -2.39. The minimum Gasteiger partial charge on any atom is -0.381 e. The Morgan fingerprint density at radius 1 is 1.15 bits per heavy atom. The summed E-state index contributed by atoms with van der Waals surface area (Å²) in [4.78, 5) is 17.1. The van der Waals surface area contributed by atoms with Crippen LogP contribution in [0.2, 0.25) is 0 Å². The van der Waals surface area contributed by atoms with Crippen molar-refractivity contribution in [3.63, 3.8) is 0 Å². The monoisotopic (exact) mass is 280 g/mol. The molecule has 0 bridgehead atoms. The van der Waals surface area contributed by atoms with E-state index in [0.717, 1.165) is 64.6 Å². The maximum absolute atomic E-state index is 12.5. The highest BCUT2D eigenvalue weighted by molar-refractivity contribution is 5.85. The molecule has 0 saturated carbocycles. The van der Waals surface area contributed by atoms with E-state index >= 15 is 0 Å². The molecular formula is C16H28N2O2. The second kappa shape index (κ2) is 6.02. The van der Waals surface area contributed by atoms with Crippen LogP contribution in [-0.4, -0.2) is 61.6 Å². The van der Waals surface area contributed by atoms with Crippen LogP contribution in [0.3, 0.4) is 0 Å². The first-order chi connectivity index (χ1) is 9.73. The highest BCUT2D eigenvalue weighted by Crippen LogP contribution is 2.41. The molecule has 0 unspecified atom stereocenters. The highest BCUT2D eigenvalue weighted by Gasteiger charge is 2.47. The van der Waals surface area contributed by atoms with Gasteiger partial charge in [0.05, 0.1) is 5.41 Å². The van der Waals surface area contributed by atoms with Crippen LogP contribution in [0.5, 0.6) is 0 Å². The first-order valence-corrected chi connectivity index (χ1v) is 8.33. The fourth-order valence-corrected chi connectivity index (χ4v) is 4.12. The van der Waals surface area contributed by atoms with Gasteiger partial charge in [-0.2, -0.15) is 0 Å². The van der Waals surface area contributed by atoms with E-state index in [1.165, 1.54) is 19.4 Å². The first-order valence-electron chi connectivity index (χ1n) is 8.33. The predicted octanol–water partition coefficient (Wildman–Crippen LogP) is 1.75. The van der Waals surface area contributed by atoms with Crippen molar-refractivity contribution < 1.29 is 9.53 Å². The highest BCUT2D eigenvalue weighted by atomic mass is 16.5. The van der Waals surface area contributed by atoms with Crippen molar-refractivity contribution in [3.05, 3.63) is 0 Å². The summed E-state index contributed by atoms with van der Waals surface area (Å²) >= 11 is 0. The summed E-state index contributed by atoms with van der Waals surface area (Å²) in [5.41, 5.74) is 0.00217. The Morgan fingerprint density at radius 2 is 1.80 bits per heavy atom. The number of hydrogen-bond donors (Lipinski definition) is 0. The molecule has 0 N–H and O–H groups in total. The molecule has 1 spiro atoms. The van der Waals surface area contributed by atoms with Crippen molar-refractivity contribution in [1.29, 1.82) is 0 Å². The average Bonchev–Trinajstić information content (AvgIpc) is 2.80. The first kappa shape index (κ1) is 14.3. The number of hydrogen-bond acceptors (Lipinski definition) is 3. The molecule has 0 aliphatic carbocycles. The van der Waals surface area contributed by atoms with Gasteiger partial charge in [0.2, 0.25) is 5.91 Å². The van der Waals surface area contributed by atoms with E-state index in [4.69, 9.17) is 4.74 Å². The van der Waals surface area contributed by atoms with Crippen LogP contribution in [0.4, 0.5) is 0 Å². The number of amides is 1. The third-order valence-corrected chi connectivity index (χ3v) is 5.65. The van der Waals surface area contributed by atoms with E-state index in [0.29, 0.717) is 5.91 Å². The molecule has 3 heterocycles. The summed E-state index contributed by atoms with van der Waals surface area (Å²) in [6.45, 7) is 9.27. The Morgan fingerprint density at radius 3 is 2.40 bits per heavy atom. The lowest BCUT2D eigenvalue weighted by Crippen LogP contribution is -2.46. The molecule has 1 amide bonds. The Balaban J connectivity index is 1.50. The quantitative estimate of drug-likeness (QED) is 0.789. The normalized spacial score (nSPS) is 28.4. The van der Waals surface area contributed by atoms with Crippen LogP contribution in [-0.2, 0) is 9.53 Å².